The Balaban J connectivity index is 5.28. The summed E-state index contributed by atoms with van der Waals surface area (Å²) in [6.45, 7) is -0.331. The average molecular weight is 461 g/mol. The van der Waals surface area contributed by atoms with Gasteiger partial charge in [-0.1, -0.05) is 0 Å². The summed E-state index contributed by atoms with van der Waals surface area (Å²) in [7, 11) is 0. The smallest absolute Gasteiger partial charge is 0.322 e. The molecule has 0 bridgehead atoms. The van der Waals surface area contributed by atoms with Crippen molar-refractivity contribution in [2.24, 2.45) is 11.5 Å². The zero-order chi connectivity index (χ0) is 24.7. The van der Waals surface area contributed by atoms with E-state index < -0.39 is 66.7 Å². The van der Waals surface area contributed by atoms with E-state index in [4.69, 9.17) is 26.8 Å². The van der Waals surface area contributed by atoms with Crippen LogP contribution in [0.3, 0.4) is 0 Å². The van der Waals surface area contributed by atoms with E-state index in [1.54, 1.807) is 0 Å². The number of rotatable bonds is 17. The van der Waals surface area contributed by atoms with Gasteiger partial charge in [0.1, 0.15) is 18.6 Å². The fourth-order valence-corrected chi connectivity index (χ4v) is 2.55. The molecule has 0 spiro atoms. The lowest BCUT2D eigenvalue weighted by atomic mass is 10.1. The van der Waals surface area contributed by atoms with Gasteiger partial charge in [-0.3, -0.25) is 28.8 Å². The van der Waals surface area contributed by atoms with Gasteiger partial charge in [-0.2, -0.15) is 0 Å². The molecule has 3 atom stereocenters. The maximum absolute atomic E-state index is 12.7. The molecule has 0 aromatic rings. The van der Waals surface area contributed by atoms with Crippen molar-refractivity contribution in [1.29, 1.82) is 0 Å². The number of carboxylic acid groups (broad SMARTS) is 3. The summed E-state index contributed by atoms with van der Waals surface area (Å²) in [5.41, 5.74) is 11.0. The Morgan fingerprint density at radius 2 is 1.22 bits per heavy atom. The highest BCUT2D eigenvalue weighted by molar-refractivity contribution is 5.94. The molecule has 32 heavy (non-hydrogen) atoms. The van der Waals surface area contributed by atoms with Crippen LogP contribution in [0.15, 0.2) is 0 Å². The van der Waals surface area contributed by atoms with Gasteiger partial charge in [-0.25, -0.2) is 0 Å². The second-order valence-electron chi connectivity index (χ2n) is 6.99. The third-order valence-corrected chi connectivity index (χ3v) is 4.28. The summed E-state index contributed by atoms with van der Waals surface area (Å²) in [5, 5.41) is 33.1. The standard InChI is InChI=1S/C18H31N5O9/c19-8-2-1-3-11(17(31)21-9-15(28)29)23-18(32)12(5-7-14(26)27)22-16(30)10(20)4-6-13(24)25/h10-12H,1-9,19-20H2,(H,21,31)(H,22,30)(H,23,32)(H,24,25)(H,26,27)(H,28,29). The largest absolute Gasteiger partial charge is 0.481 e. The summed E-state index contributed by atoms with van der Waals surface area (Å²) < 4.78 is 0. The van der Waals surface area contributed by atoms with Crippen molar-refractivity contribution >= 4 is 35.6 Å². The second kappa shape index (κ2) is 15.5. The van der Waals surface area contributed by atoms with Crippen LogP contribution < -0.4 is 27.4 Å². The number of carbonyl (C=O) groups excluding carboxylic acids is 3. The van der Waals surface area contributed by atoms with Crippen LogP contribution in [-0.2, 0) is 28.8 Å². The number of aliphatic carboxylic acids is 3. The fraction of sp³-hybridized carbons (Fsp3) is 0.667. The third-order valence-electron chi connectivity index (χ3n) is 4.28. The van der Waals surface area contributed by atoms with Crippen molar-refractivity contribution in [2.75, 3.05) is 13.1 Å². The lowest BCUT2D eigenvalue weighted by molar-refractivity contribution is -0.139. The minimum Gasteiger partial charge on any atom is -0.481 e. The molecule has 0 saturated carbocycles. The molecule has 3 unspecified atom stereocenters. The Hall–Kier alpha value is -3.26. The van der Waals surface area contributed by atoms with Crippen LogP contribution in [0.4, 0.5) is 0 Å². The maximum Gasteiger partial charge on any atom is 0.322 e. The first-order chi connectivity index (χ1) is 15.0. The summed E-state index contributed by atoms with van der Waals surface area (Å²) in [4.78, 5) is 69.4. The van der Waals surface area contributed by atoms with E-state index in [0.717, 1.165) is 0 Å². The number of nitrogens with two attached hydrogens (primary N) is 2. The molecule has 3 amide bonds. The molecule has 14 nitrogen and oxygen atoms in total. The third kappa shape index (κ3) is 13.1. The molecule has 0 saturated heterocycles. The molecule has 0 fully saturated rings. The molecule has 0 rings (SSSR count). The summed E-state index contributed by atoms with van der Waals surface area (Å²) >= 11 is 0. The van der Waals surface area contributed by atoms with Crippen LogP contribution in [-0.4, -0.2) is 82.2 Å². The highest BCUT2D eigenvalue weighted by Gasteiger charge is 2.28. The fourth-order valence-electron chi connectivity index (χ4n) is 2.55. The lowest BCUT2D eigenvalue weighted by Crippen LogP contribution is -2.56. The summed E-state index contributed by atoms with van der Waals surface area (Å²) in [6.07, 6.45) is -0.269. The highest BCUT2D eigenvalue weighted by atomic mass is 16.4. The molecule has 0 aliphatic rings. The maximum atomic E-state index is 12.7. The van der Waals surface area contributed by atoms with Gasteiger partial charge in [0.2, 0.25) is 17.7 Å². The van der Waals surface area contributed by atoms with E-state index in [0.29, 0.717) is 19.4 Å². The van der Waals surface area contributed by atoms with Gasteiger partial charge in [0.15, 0.2) is 0 Å². The molecule has 0 heterocycles. The first kappa shape index (κ1) is 28.7. The van der Waals surface area contributed by atoms with Crippen molar-refractivity contribution in [2.45, 2.75) is 63.1 Å². The van der Waals surface area contributed by atoms with Gasteiger partial charge in [0.05, 0.1) is 6.04 Å². The molecule has 0 aromatic carbocycles. The van der Waals surface area contributed by atoms with Crippen molar-refractivity contribution in [3.63, 3.8) is 0 Å². The van der Waals surface area contributed by atoms with Gasteiger partial charge >= 0.3 is 17.9 Å². The molecule has 0 aromatic heterocycles. The molecular weight excluding hydrogens is 430 g/mol. The molecule has 14 heteroatoms. The van der Waals surface area contributed by atoms with Crippen molar-refractivity contribution in [1.82, 2.24) is 16.0 Å². The van der Waals surface area contributed by atoms with E-state index in [1.165, 1.54) is 0 Å². The first-order valence-corrected chi connectivity index (χ1v) is 9.97. The summed E-state index contributed by atoms with van der Waals surface area (Å²) in [5.74, 6) is -6.17. The van der Waals surface area contributed by atoms with Crippen LogP contribution >= 0.6 is 0 Å². The molecule has 182 valence electrons. The first-order valence-electron chi connectivity index (χ1n) is 9.97. The number of unbranched alkanes of at least 4 members (excludes halogenated alkanes) is 1. The molecule has 10 N–H and O–H groups in total. The number of amides is 3. The van der Waals surface area contributed by atoms with E-state index >= 15 is 0 Å². The molecule has 0 aliphatic carbocycles. The van der Waals surface area contributed by atoms with Crippen molar-refractivity contribution < 1.29 is 44.1 Å². The molecular formula is C18H31N5O9. The van der Waals surface area contributed by atoms with Crippen molar-refractivity contribution in [3.05, 3.63) is 0 Å². The van der Waals surface area contributed by atoms with Crippen molar-refractivity contribution in [3.8, 4) is 0 Å². The Labute approximate surface area is 184 Å². The quantitative estimate of drug-likeness (QED) is 0.104. The topological polar surface area (TPSA) is 251 Å². The number of hydrogen-bond donors (Lipinski definition) is 8. The van der Waals surface area contributed by atoms with Crippen LogP contribution in [0.2, 0.25) is 0 Å². The number of carbonyl (C=O) groups is 6. The van der Waals surface area contributed by atoms with Gasteiger partial charge < -0.3 is 42.7 Å². The molecule has 0 aliphatic heterocycles. The van der Waals surface area contributed by atoms with Gasteiger partial charge in [-0.15, -0.1) is 0 Å². The SMILES string of the molecule is NCCCCC(NC(=O)C(CCC(=O)O)NC(=O)C(N)CCC(=O)O)C(=O)NCC(=O)O. The van der Waals surface area contributed by atoms with Crippen LogP contribution in [0, 0.1) is 0 Å². The van der Waals surface area contributed by atoms with E-state index in [2.05, 4.69) is 16.0 Å². The number of hydrogen-bond acceptors (Lipinski definition) is 8. The Morgan fingerprint density at radius 1 is 0.688 bits per heavy atom. The lowest BCUT2D eigenvalue weighted by Gasteiger charge is -2.24. The van der Waals surface area contributed by atoms with E-state index in [-0.39, 0.29) is 25.7 Å². The van der Waals surface area contributed by atoms with Crippen LogP contribution in [0.5, 0.6) is 0 Å². The minimum atomic E-state index is -1.36. The van der Waals surface area contributed by atoms with Gasteiger partial charge in [-0.05, 0) is 38.6 Å². The predicted octanol–water partition coefficient (Wildman–Crippen LogP) is -2.66. The normalized spacial score (nSPS) is 13.3. The van der Waals surface area contributed by atoms with Crippen LogP contribution in [0.1, 0.15) is 44.9 Å². The summed E-state index contributed by atoms with van der Waals surface area (Å²) in [6, 6.07) is -3.75. The molecule has 0 radical (unpaired) electrons. The second-order valence-corrected chi connectivity index (χ2v) is 6.99. The Morgan fingerprint density at radius 3 is 1.75 bits per heavy atom. The number of nitrogens with one attached hydrogen (secondary N) is 3. The predicted molar refractivity (Wildman–Crippen MR) is 109 cm³/mol. The zero-order valence-electron chi connectivity index (χ0n) is 17.5. The van der Waals surface area contributed by atoms with Gasteiger partial charge in [0.25, 0.3) is 0 Å². The minimum absolute atomic E-state index is 0.131. The van der Waals surface area contributed by atoms with Crippen LogP contribution in [0.25, 0.3) is 0 Å². The van der Waals surface area contributed by atoms with E-state index in [1.807, 2.05) is 0 Å². The zero-order valence-corrected chi connectivity index (χ0v) is 17.5. The van der Waals surface area contributed by atoms with Gasteiger partial charge in [0, 0.05) is 12.8 Å². The Bertz CT molecular complexity index is 686. The van der Waals surface area contributed by atoms with E-state index in [9.17, 15) is 28.8 Å². The average Bonchev–Trinajstić information content (AvgIpc) is 2.71. The Kier molecular flexibility index (Phi) is 13.9. The monoisotopic (exact) mass is 461 g/mol. The highest BCUT2D eigenvalue weighted by Crippen LogP contribution is 2.05. The number of carboxylic acids is 3.